The van der Waals surface area contributed by atoms with Crippen LogP contribution in [0.2, 0.25) is 0 Å². The van der Waals surface area contributed by atoms with Crippen LogP contribution >= 0.6 is 0 Å². The fourth-order valence-electron chi connectivity index (χ4n) is 1.53. The fraction of sp³-hybridized carbons (Fsp3) is 0.571. The molecule has 0 N–H and O–H groups in total. The van der Waals surface area contributed by atoms with Crippen LogP contribution in [-0.4, -0.2) is 39.8 Å². The summed E-state index contributed by atoms with van der Waals surface area (Å²) in [4.78, 5) is 0. The van der Waals surface area contributed by atoms with Gasteiger partial charge in [-0.2, -0.15) is 0 Å². The highest BCUT2D eigenvalue weighted by atomic mass is 16.7. The quantitative estimate of drug-likeness (QED) is 0.474. The maximum atomic E-state index is 5.62. The molecule has 0 radical (unpaired) electrons. The van der Waals surface area contributed by atoms with Crippen molar-refractivity contribution in [3.8, 4) is 0 Å². The number of hydrogen-bond acceptors (Lipinski definition) is 4. The smallest absolute Gasteiger partial charge is 0.146 e. The van der Waals surface area contributed by atoms with E-state index < -0.39 is 0 Å². The van der Waals surface area contributed by atoms with Gasteiger partial charge >= 0.3 is 0 Å². The Morgan fingerprint density at radius 3 is 2.44 bits per heavy atom. The van der Waals surface area contributed by atoms with Crippen LogP contribution in [-0.2, 0) is 25.6 Å². The van der Waals surface area contributed by atoms with Crippen LogP contribution in [0.15, 0.2) is 30.3 Å². The summed E-state index contributed by atoms with van der Waals surface area (Å²) in [7, 11) is 1.60. The van der Waals surface area contributed by atoms with Crippen LogP contribution in [0.3, 0.4) is 0 Å². The van der Waals surface area contributed by atoms with Gasteiger partial charge < -0.3 is 18.9 Å². The Morgan fingerprint density at radius 1 is 1.06 bits per heavy atom. The highest BCUT2D eigenvalue weighted by molar-refractivity contribution is 5.13. The minimum absolute atomic E-state index is 0.0473. The molecule has 0 saturated heterocycles. The second-order valence-electron chi connectivity index (χ2n) is 3.86. The van der Waals surface area contributed by atoms with E-state index in [1.807, 2.05) is 37.3 Å². The van der Waals surface area contributed by atoms with Crippen molar-refractivity contribution in [2.75, 3.05) is 33.7 Å². The molecule has 0 saturated carbocycles. The van der Waals surface area contributed by atoms with E-state index in [2.05, 4.69) is 0 Å². The number of rotatable bonds is 10. The second kappa shape index (κ2) is 10.0. The molecule has 18 heavy (non-hydrogen) atoms. The molecule has 0 aliphatic rings. The molecule has 4 nitrogen and oxygen atoms in total. The van der Waals surface area contributed by atoms with Gasteiger partial charge in [-0.05, 0) is 12.5 Å². The molecule has 0 spiro atoms. The van der Waals surface area contributed by atoms with E-state index in [1.165, 1.54) is 0 Å². The predicted molar refractivity (Wildman–Crippen MR) is 69.3 cm³/mol. The van der Waals surface area contributed by atoms with Gasteiger partial charge in [0.1, 0.15) is 12.9 Å². The maximum absolute atomic E-state index is 5.62. The van der Waals surface area contributed by atoms with Crippen molar-refractivity contribution in [3.05, 3.63) is 35.9 Å². The molecule has 0 amide bonds. The van der Waals surface area contributed by atoms with Crippen LogP contribution in [0, 0.1) is 0 Å². The highest BCUT2D eigenvalue weighted by Gasteiger charge is 2.09. The van der Waals surface area contributed by atoms with E-state index in [0.29, 0.717) is 26.4 Å². The predicted octanol–water partition coefficient (Wildman–Crippen LogP) is 2.23. The molecule has 0 aliphatic heterocycles. The van der Waals surface area contributed by atoms with Gasteiger partial charge in [-0.1, -0.05) is 30.3 Å². The molecular weight excluding hydrogens is 232 g/mol. The summed E-state index contributed by atoms with van der Waals surface area (Å²) in [5, 5.41) is 0. The minimum atomic E-state index is -0.0473. The van der Waals surface area contributed by atoms with Crippen molar-refractivity contribution in [1.29, 1.82) is 0 Å². The molecule has 0 unspecified atom stereocenters. The lowest BCUT2D eigenvalue weighted by Crippen LogP contribution is -2.26. The van der Waals surface area contributed by atoms with Gasteiger partial charge in [0.05, 0.1) is 19.8 Å². The molecule has 4 heteroatoms. The van der Waals surface area contributed by atoms with Gasteiger partial charge in [0.2, 0.25) is 0 Å². The average molecular weight is 254 g/mol. The first-order valence-corrected chi connectivity index (χ1v) is 6.16. The van der Waals surface area contributed by atoms with Gasteiger partial charge in [0.15, 0.2) is 0 Å². The molecular formula is C14H22O4. The van der Waals surface area contributed by atoms with Crippen molar-refractivity contribution in [2.24, 2.45) is 0 Å². The summed E-state index contributed by atoms with van der Waals surface area (Å²) in [6, 6.07) is 10.1. The Bertz CT molecular complexity index is 289. The molecule has 1 rings (SSSR count). The summed E-state index contributed by atoms with van der Waals surface area (Å²) >= 11 is 0. The third-order valence-corrected chi connectivity index (χ3v) is 2.32. The molecule has 102 valence electrons. The van der Waals surface area contributed by atoms with Gasteiger partial charge in [-0.3, -0.25) is 0 Å². The van der Waals surface area contributed by atoms with Crippen LogP contribution < -0.4 is 0 Å². The molecule has 1 atom stereocenters. The standard InChI is InChI=1S/C14H22O4/c1-3-18-14(11-17-12-15-2)10-16-9-13-7-5-4-6-8-13/h4-8,14H,3,9-12H2,1-2H3/t14-/m1/s1. The molecule has 0 fully saturated rings. The maximum Gasteiger partial charge on any atom is 0.146 e. The zero-order valence-corrected chi connectivity index (χ0v) is 11.1. The van der Waals surface area contributed by atoms with Gasteiger partial charge in [-0.15, -0.1) is 0 Å². The summed E-state index contributed by atoms with van der Waals surface area (Å²) in [5.41, 5.74) is 1.16. The van der Waals surface area contributed by atoms with Crippen LogP contribution in [0.25, 0.3) is 0 Å². The normalized spacial score (nSPS) is 12.6. The first kappa shape index (κ1) is 15.1. The minimum Gasteiger partial charge on any atom is -0.374 e. The first-order valence-electron chi connectivity index (χ1n) is 6.16. The van der Waals surface area contributed by atoms with Crippen molar-refractivity contribution in [3.63, 3.8) is 0 Å². The Balaban J connectivity index is 2.20. The lowest BCUT2D eigenvalue weighted by atomic mass is 10.2. The fourth-order valence-corrected chi connectivity index (χ4v) is 1.53. The zero-order valence-electron chi connectivity index (χ0n) is 11.1. The number of benzene rings is 1. The van der Waals surface area contributed by atoms with Gasteiger partial charge in [-0.25, -0.2) is 0 Å². The van der Waals surface area contributed by atoms with Gasteiger partial charge in [0.25, 0.3) is 0 Å². The second-order valence-corrected chi connectivity index (χ2v) is 3.86. The summed E-state index contributed by atoms with van der Waals surface area (Å²) in [6.45, 7) is 4.48. The van der Waals surface area contributed by atoms with Crippen molar-refractivity contribution < 1.29 is 18.9 Å². The van der Waals surface area contributed by atoms with Crippen LogP contribution in [0.5, 0.6) is 0 Å². The molecule has 1 aromatic carbocycles. The molecule has 0 aromatic heterocycles. The molecule has 0 aliphatic carbocycles. The lowest BCUT2D eigenvalue weighted by molar-refractivity contribution is -0.0989. The van der Waals surface area contributed by atoms with E-state index in [4.69, 9.17) is 18.9 Å². The Kier molecular flexibility index (Phi) is 8.42. The number of methoxy groups -OCH3 is 1. The molecule has 0 heterocycles. The van der Waals surface area contributed by atoms with Crippen molar-refractivity contribution in [2.45, 2.75) is 19.6 Å². The number of hydrogen-bond donors (Lipinski definition) is 0. The third-order valence-electron chi connectivity index (χ3n) is 2.32. The third kappa shape index (κ3) is 6.71. The van der Waals surface area contributed by atoms with E-state index >= 15 is 0 Å². The average Bonchev–Trinajstić information content (AvgIpc) is 2.40. The summed E-state index contributed by atoms with van der Waals surface area (Å²) < 4.78 is 21.2. The monoisotopic (exact) mass is 254 g/mol. The van der Waals surface area contributed by atoms with E-state index in [1.54, 1.807) is 7.11 Å². The Hall–Kier alpha value is -0.940. The largest absolute Gasteiger partial charge is 0.374 e. The van der Waals surface area contributed by atoms with E-state index in [-0.39, 0.29) is 12.9 Å². The van der Waals surface area contributed by atoms with Crippen molar-refractivity contribution >= 4 is 0 Å². The lowest BCUT2D eigenvalue weighted by Gasteiger charge is -2.17. The SMILES string of the molecule is CCO[C@@H](COCOC)COCc1ccccc1. The van der Waals surface area contributed by atoms with Crippen LogP contribution in [0.1, 0.15) is 12.5 Å². The van der Waals surface area contributed by atoms with E-state index in [0.717, 1.165) is 5.56 Å². The summed E-state index contributed by atoms with van der Waals surface area (Å²) in [6.07, 6.45) is -0.0473. The van der Waals surface area contributed by atoms with Gasteiger partial charge in [0, 0.05) is 13.7 Å². The highest BCUT2D eigenvalue weighted by Crippen LogP contribution is 2.02. The first-order chi connectivity index (χ1) is 8.86. The topological polar surface area (TPSA) is 36.9 Å². The van der Waals surface area contributed by atoms with Crippen molar-refractivity contribution in [1.82, 2.24) is 0 Å². The molecule has 0 bridgehead atoms. The molecule has 1 aromatic rings. The zero-order chi connectivity index (χ0) is 13.1. The summed E-state index contributed by atoms with van der Waals surface area (Å²) in [5.74, 6) is 0. The Morgan fingerprint density at radius 2 is 1.78 bits per heavy atom. The number of ether oxygens (including phenoxy) is 4. The Labute approximate surface area is 109 Å². The van der Waals surface area contributed by atoms with E-state index in [9.17, 15) is 0 Å². The van der Waals surface area contributed by atoms with Crippen LogP contribution in [0.4, 0.5) is 0 Å².